The molecule has 0 saturated carbocycles. The highest BCUT2D eigenvalue weighted by Gasteiger charge is 2.20. The molecule has 0 radical (unpaired) electrons. The molecule has 2 rings (SSSR count). The number of piperidine rings is 1. The topological polar surface area (TPSA) is 42.2 Å². The predicted molar refractivity (Wildman–Crippen MR) is 57.4 cm³/mol. The first-order chi connectivity index (χ1) is 7.29. The van der Waals surface area contributed by atoms with Gasteiger partial charge in [-0.3, -0.25) is 4.90 Å². The number of nitrogens with zero attached hydrogens (tertiary/aromatic N) is 3. The second-order valence-electron chi connectivity index (χ2n) is 4.27. The summed E-state index contributed by atoms with van der Waals surface area (Å²) in [6.07, 6.45) is 4.77. The lowest BCUT2D eigenvalue weighted by molar-refractivity contribution is 0.135. The lowest BCUT2D eigenvalue weighted by atomic mass is 10.0. The van der Waals surface area contributed by atoms with Gasteiger partial charge < -0.3 is 4.52 Å². The molecule has 84 valence electrons. The van der Waals surface area contributed by atoms with E-state index in [0.717, 1.165) is 31.2 Å². The standard InChI is InChI=1S/C11H19N3O/c1-3-10-12-11(15-13-10)8-14-7-5-4-6-9(14)2/h9H,3-8H2,1-2H3/t9-/m1/s1. The zero-order valence-electron chi connectivity index (χ0n) is 9.57. The molecule has 0 aromatic carbocycles. The van der Waals surface area contributed by atoms with E-state index in [1.165, 1.54) is 19.3 Å². The van der Waals surface area contributed by atoms with Gasteiger partial charge in [0.25, 0.3) is 0 Å². The summed E-state index contributed by atoms with van der Waals surface area (Å²) in [5.74, 6) is 1.58. The van der Waals surface area contributed by atoms with E-state index in [9.17, 15) is 0 Å². The summed E-state index contributed by atoms with van der Waals surface area (Å²) in [6, 6.07) is 0.649. The molecule has 4 heteroatoms. The molecule has 0 bridgehead atoms. The Morgan fingerprint density at radius 1 is 1.47 bits per heavy atom. The third-order valence-electron chi connectivity index (χ3n) is 3.11. The summed E-state index contributed by atoms with van der Waals surface area (Å²) in [5.41, 5.74) is 0. The van der Waals surface area contributed by atoms with Crippen molar-refractivity contribution in [2.45, 2.75) is 52.1 Å². The number of hydrogen-bond acceptors (Lipinski definition) is 4. The van der Waals surface area contributed by atoms with Crippen molar-refractivity contribution in [2.75, 3.05) is 6.54 Å². The lowest BCUT2D eigenvalue weighted by Gasteiger charge is -2.31. The molecule has 0 N–H and O–H groups in total. The van der Waals surface area contributed by atoms with Crippen LogP contribution in [0.5, 0.6) is 0 Å². The van der Waals surface area contributed by atoms with Crippen LogP contribution in [-0.2, 0) is 13.0 Å². The minimum atomic E-state index is 0.649. The van der Waals surface area contributed by atoms with E-state index < -0.39 is 0 Å². The van der Waals surface area contributed by atoms with Crippen LogP contribution in [0.1, 0.15) is 44.8 Å². The summed E-state index contributed by atoms with van der Waals surface area (Å²) in [5, 5.41) is 3.91. The van der Waals surface area contributed by atoms with E-state index >= 15 is 0 Å². The van der Waals surface area contributed by atoms with E-state index in [2.05, 4.69) is 22.0 Å². The van der Waals surface area contributed by atoms with Crippen molar-refractivity contribution in [3.05, 3.63) is 11.7 Å². The van der Waals surface area contributed by atoms with E-state index in [0.29, 0.717) is 6.04 Å². The summed E-state index contributed by atoms with van der Waals surface area (Å²) >= 11 is 0. The Balaban J connectivity index is 1.95. The van der Waals surface area contributed by atoms with E-state index in [-0.39, 0.29) is 0 Å². The molecule has 0 amide bonds. The highest BCUT2D eigenvalue weighted by atomic mass is 16.5. The molecule has 15 heavy (non-hydrogen) atoms. The van der Waals surface area contributed by atoms with Gasteiger partial charge in [0.1, 0.15) is 0 Å². The van der Waals surface area contributed by atoms with Gasteiger partial charge in [0, 0.05) is 12.5 Å². The normalized spacial score (nSPS) is 23.2. The zero-order valence-corrected chi connectivity index (χ0v) is 9.57. The number of aryl methyl sites for hydroxylation is 1. The molecule has 0 aliphatic carbocycles. The summed E-state index contributed by atoms with van der Waals surface area (Å²) in [4.78, 5) is 6.76. The molecule has 4 nitrogen and oxygen atoms in total. The number of aromatic nitrogens is 2. The quantitative estimate of drug-likeness (QED) is 0.763. The first kappa shape index (κ1) is 10.6. The predicted octanol–water partition coefficient (Wildman–Crippen LogP) is 2.01. The number of likely N-dealkylation sites (tertiary alicyclic amines) is 1. The van der Waals surface area contributed by atoms with Crippen LogP contribution in [0.4, 0.5) is 0 Å². The van der Waals surface area contributed by atoms with Crippen LogP contribution in [-0.4, -0.2) is 27.6 Å². The number of rotatable bonds is 3. The Bertz CT molecular complexity index is 311. The maximum atomic E-state index is 5.20. The van der Waals surface area contributed by atoms with Crippen molar-refractivity contribution in [2.24, 2.45) is 0 Å². The molecule has 1 fully saturated rings. The second-order valence-corrected chi connectivity index (χ2v) is 4.27. The molecule has 2 heterocycles. The first-order valence-corrected chi connectivity index (χ1v) is 5.85. The first-order valence-electron chi connectivity index (χ1n) is 5.85. The Morgan fingerprint density at radius 2 is 2.33 bits per heavy atom. The summed E-state index contributed by atoms with van der Waals surface area (Å²) in [7, 11) is 0. The van der Waals surface area contributed by atoms with Gasteiger partial charge in [-0.15, -0.1) is 0 Å². The molecule has 1 aliphatic heterocycles. The second kappa shape index (κ2) is 4.75. The molecule has 1 aromatic rings. The van der Waals surface area contributed by atoms with Crippen molar-refractivity contribution in [1.29, 1.82) is 0 Å². The fraction of sp³-hybridized carbons (Fsp3) is 0.818. The molecule has 1 saturated heterocycles. The van der Waals surface area contributed by atoms with Crippen LogP contribution in [0.3, 0.4) is 0 Å². The van der Waals surface area contributed by atoms with Gasteiger partial charge in [0.15, 0.2) is 5.82 Å². The smallest absolute Gasteiger partial charge is 0.240 e. The summed E-state index contributed by atoms with van der Waals surface area (Å²) < 4.78 is 5.20. The Morgan fingerprint density at radius 3 is 3.00 bits per heavy atom. The van der Waals surface area contributed by atoms with Crippen LogP contribution in [0, 0.1) is 0 Å². The molecule has 1 aromatic heterocycles. The zero-order chi connectivity index (χ0) is 10.7. The van der Waals surface area contributed by atoms with Crippen LogP contribution < -0.4 is 0 Å². The average molecular weight is 209 g/mol. The third-order valence-corrected chi connectivity index (χ3v) is 3.11. The van der Waals surface area contributed by atoms with Crippen molar-refractivity contribution in [3.63, 3.8) is 0 Å². The van der Waals surface area contributed by atoms with Crippen LogP contribution in [0.25, 0.3) is 0 Å². The van der Waals surface area contributed by atoms with Crippen LogP contribution in [0.15, 0.2) is 4.52 Å². The van der Waals surface area contributed by atoms with Gasteiger partial charge in [0.2, 0.25) is 5.89 Å². The highest BCUT2D eigenvalue weighted by Crippen LogP contribution is 2.18. The SMILES string of the molecule is CCc1noc(CN2CCCC[C@H]2C)n1. The van der Waals surface area contributed by atoms with Crippen molar-refractivity contribution in [3.8, 4) is 0 Å². The minimum Gasteiger partial charge on any atom is -0.338 e. The summed E-state index contributed by atoms with van der Waals surface area (Å²) in [6.45, 7) is 6.29. The monoisotopic (exact) mass is 209 g/mol. The molecule has 1 aliphatic rings. The third kappa shape index (κ3) is 2.56. The van der Waals surface area contributed by atoms with E-state index in [4.69, 9.17) is 4.52 Å². The maximum Gasteiger partial charge on any atom is 0.240 e. The largest absolute Gasteiger partial charge is 0.338 e. The van der Waals surface area contributed by atoms with Crippen LogP contribution >= 0.6 is 0 Å². The molecule has 1 atom stereocenters. The average Bonchev–Trinajstić information content (AvgIpc) is 2.69. The van der Waals surface area contributed by atoms with Gasteiger partial charge in [0.05, 0.1) is 6.54 Å². The number of hydrogen-bond donors (Lipinski definition) is 0. The maximum absolute atomic E-state index is 5.20. The fourth-order valence-electron chi connectivity index (χ4n) is 2.06. The lowest BCUT2D eigenvalue weighted by Crippen LogP contribution is -2.36. The van der Waals surface area contributed by atoms with Gasteiger partial charge in [-0.05, 0) is 26.3 Å². The fourth-order valence-corrected chi connectivity index (χ4v) is 2.06. The van der Waals surface area contributed by atoms with Crippen LogP contribution in [0.2, 0.25) is 0 Å². The van der Waals surface area contributed by atoms with Gasteiger partial charge in [-0.25, -0.2) is 0 Å². The Labute approximate surface area is 90.7 Å². The van der Waals surface area contributed by atoms with E-state index in [1.54, 1.807) is 0 Å². The van der Waals surface area contributed by atoms with E-state index in [1.807, 2.05) is 6.92 Å². The Kier molecular flexibility index (Phi) is 3.36. The van der Waals surface area contributed by atoms with Crippen molar-refractivity contribution < 1.29 is 4.52 Å². The molecule has 0 spiro atoms. The minimum absolute atomic E-state index is 0.649. The molecular formula is C11H19N3O. The van der Waals surface area contributed by atoms with Crippen molar-refractivity contribution >= 4 is 0 Å². The van der Waals surface area contributed by atoms with Gasteiger partial charge in [-0.1, -0.05) is 18.5 Å². The van der Waals surface area contributed by atoms with Gasteiger partial charge >= 0.3 is 0 Å². The highest BCUT2D eigenvalue weighted by molar-refractivity contribution is 4.87. The van der Waals surface area contributed by atoms with Gasteiger partial charge in [-0.2, -0.15) is 4.98 Å². The molecular weight excluding hydrogens is 190 g/mol. The van der Waals surface area contributed by atoms with Crippen molar-refractivity contribution in [1.82, 2.24) is 15.0 Å². The molecule has 0 unspecified atom stereocenters. The Hall–Kier alpha value is -0.900.